The van der Waals surface area contributed by atoms with E-state index in [1.54, 1.807) is 0 Å². The minimum Gasteiger partial charge on any atom is -0.492 e. The minimum atomic E-state index is -0.0447. The fourth-order valence-electron chi connectivity index (χ4n) is 3.52. The number of hydrogen-bond donors (Lipinski definition) is 0. The van der Waals surface area contributed by atoms with Crippen LogP contribution in [0.3, 0.4) is 0 Å². The van der Waals surface area contributed by atoms with Crippen LogP contribution in [0.5, 0.6) is 5.75 Å². The molecular weight excluding hydrogens is 320 g/mol. The fraction of sp³-hybridized carbons (Fsp3) is 0.458. The quantitative estimate of drug-likeness (QED) is 0.634. The molecule has 0 spiro atoms. The molecule has 2 nitrogen and oxygen atoms in total. The standard InChI is InChI=1S/C24H30O2/c1-17(23(2,3)4)13-21(25)19-11-12-20-22(14-19)26-16-24(20,5)15-18-9-7-6-8-10-18/h6-12,14,17H,13,15-16H2,1-5H3/t17-,24?/m1/s1. The molecule has 2 aromatic carbocycles. The first-order valence-electron chi connectivity index (χ1n) is 9.53. The highest BCUT2D eigenvalue weighted by Crippen LogP contribution is 2.41. The first kappa shape index (κ1) is 18.7. The molecule has 0 saturated carbocycles. The topological polar surface area (TPSA) is 26.3 Å². The van der Waals surface area contributed by atoms with Gasteiger partial charge in [-0.25, -0.2) is 0 Å². The normalized spacial score (nSPS) is 20.3. The lowest BCUT2D eigenvalue weighted by Gasteiger charge is -2.26. The molecular formula is C24H30O2. The van der Waals surface area contributed by atoms with Crippen molar-refractivity contribution in [1.29, 1.82) is 0 Å². The SMILES string of the molecule is C[C@H](CC(=O)c1ccc2c(c1)OCC2(C)Cc1ccccc1)C(C)(C)C. The van der Waals surface area contributed by atoms with E-state index in [2.05, 4.69) is 65.0 Å². The van der Waals surface area contributed by atoms with Gasteiger partial charge >= 0.3 is 0 Å². The Kier molecular flexibility index (Phi) is 4.96. The van der Waals surface area contributed by atoms with Gasteiger partial charge in [0.1, 0.15) is 5.75 Å². The van der Waals surface area contributed by atoms with Gasteiger partial charge in [-0.2, -0.15) is 0 Å². The number of hydrogen-bond acceptors (Lipinski definition) is 2. The van der Waals surface area contributed by atoms with E-state index in [1.165, 1.54) is 11.1 Å². The molecule has 3 rings (SSSR count). The third-order valence-corrected chi connectivity index (χ3v) is 5.91. The molecule has 0 bridgehead atoms. The number of benzene rings is 2. The summed E-state index contributed by atoms with van der Waals surface area (Å²) in [5, 5.41) is 0. The molecule has 0 fully saturated rings. The summed E-state index contributed by atoms with van der Waals surface area (Å²) in [5.74, 6) is 1.42. The number of Topliss-reactive ketones (excluding diaryl/α,β-unsaturated/α-hetero) is 1. The summed E-state index contributed by atoms with van der Waals surface area (Å²) in [5.41, 5.74) is 3.38. The van der Waals surface area contributed by atoms with Gasteiger partial charge in [-0.1, -0.05) is 77.1 Å². The first-order valence-corrected chi connectivity index (χ1v) is 9.53. The number of carbonyl (C=O) groups excluding carboxylic acids is 1. The van der Waals surface area contributed by atoms with Gasteiger partial charge in [0, 0.05) is 23.0 Å². The maximum absolute atomic E-state index is 12.7. The number of rotatable bonds is 5. The largest absolute Gasteiger partial charge is 0.492 e. The van der Waals surface area contributed by atoms with Crippen LogP contribution in [0.4, 0.5) is 0 Å². The number of ether oxygens (including phenoxy) is 1. The van der Waals surface area contributed by atoms with E-state index in [9.17, 15) is 4.79 Å². The minimum absolute atomic E-state index is 0.0447. The predicted octanol–water partition coefficient (Wildman–Crippen LogP) is 5.83. The third kappa shape index (κ3) is 3.85. The number of fused-ring (bicyclic) bond motifs is 1. The predicted molar refractivity (Wildman–Crippen MR) is 107 cm³/mol. The second-order valence-corrected chi connectivity index (χ2v) is 9.12. The maximum Gasteiger partial charge on any atom is 0.163 e. The van der Waals surface area contributed by atoms with E-state index in [0.29, 0.717) is 18.9 Å². The van der Waals surface area contributed by atoms with Gasteiger partial charge in [0.25, 0.3) is 0 Å². The summed E-state index contributed by atoms with van der Waals surface area (Å²) < 4.78 is 6.00. The van der Waals surface area contributed by atoms with Crippen molar-refractivity contribution in [2.75, 3.05) is 6.61 Å². The lowest BCUT2D eigenvalue weighted by Crippen LogP contribution is -2.26. The molecule has 2 atom stereocenters. The van der Waals surface area contributed by atoms with Gasteiger partial charge in [-0.3, -0.25) is 4.79 Å². The molecule has 1 aliphatic rings. The molecule has 0 radical (unpaired) electrons. The second kappa shape index (κ2) is 6.90. The van der Waals surface area contributed by atoms with Crippen molar-refractivity contribution in [2.24, 2.45) is 11.3 Å². The Hall–Kier alpha value is -2.09. The van der Waals surface area contributed by atoms with Crippen LogP contribution in [0.2, 0.25) is 0 Å². The lowest BCUT2D eigenvalue weighted by atomic mass is 9.77. The van der Waals surface area contributed by atoms with Crippen molar-refractivity contribution in [3.63, 3.8) is 0 Å². The van der Waals surface area contributed by atoms with E-state index in [4.69, 9.17) is 4.74 Å². The zero-order chi connectivity index (χ0) is 18.9. The Morgan fingerprint density at radius 3 is 2.50 bits per heavy atom. The van der Waals surface area contributed by atoms with Gasteiger partial charge in [0.2, 0.25) is 0 Å². The van der Waals surface area contributed by atoms with Crippen molar-refractivity contribution in [1.82, 2.24) is 0 Å². The van der Waals surface area contributed by atoms with Crippen LogP contribution in [0.25, 0.3) is 0 Å². The first-order chi connectivity index (χ1) is 12.2. The molecule has 0 aromatic heterocycles. The van der Waals surface area contributed by atoms with Crippen molar-refractivity contribution < 1.29 is 9.53 Å². The van der Waals surface area contributed by atoms with E-state index in [1.807, 2.05) is 18.2 Å². The van der Waals surface area contributed by atoms with Gasteiger partial charge in [0.05, 0.1) is 6.61 Å². The molecule has 1 heterocycles. The smallest absolute Gasteiger partial charge is 0.163 e. The molecule has 138 valence electrons. The van der Waals surface area contributed by atoms with Crippen molar-refractivity contribution >= 4 is 5.78 Å². The van der Waals surface area contributed by atoms with E-state index in [-0.39, 0.29) is 16.6 Å². The van der Waals surface area contributed by atoms with Crippen LogP contribution >= 0.6 is 0 Å². The zero-order valence-corrected chi connectivity index (χ0v) is 16.6. The highest BCUT2D eigenvalue weighted by molar-refractivity contribution is 5.96. The summed E-state index contributed by atoms with van der Waals surface area (Å²) in [4.78, 5) is 12.7. The summed E-state index contributed by atoms with van der Waals surface area (Å²) in [6.45, 7) is 11.6. The van der Waals surface area contributed by atoms with Crippen LogP contribution in [0.1, 0.15) is 62.5 Å². The molecule has 0 N–H and O–H groups in total. The Bertz CT molecular complexity index is 786. The van der Waals surface area contributed by atoms with E-state index in [0.717, 1.165) is 17.7 Å². The number of ketones is 1. The molecule has 0 amide bonds. The van der Waals surface area contributed by atoms with E-state index < -0.39 is 0 Å². The van der Waals surface area contributed by atoms with E-state index >= 15 is 0 Å². The van der Waals surface area contributed by atoms with Gasteiger partial charge < -0.3 is 4.74 Å². The average molecular weight is 351 g/mol. The van der Waals surface area contributed by atoms with Crippen LogP contribution in [0.15, 0.2) is 48.5 Å². The Labute approximate surface area is 157 Å². The Morgan fingerprint density at radius 1 is 1.15 bits per heavy atom. The second-order valence-electron chi connectivity index (χ2n) is 9.12. The molecule has 1 unspecified atom stereocenters. The third-order valence-electron chi connectivity index (χ3n) is 5.91. The summed E-state index contributed by atoms with van der Waals surface area (Å²) in [6, 6.07) is 16.5. The zero-order valence-electron chi connectivity index (χ0n) is 16.6. The van der Waals surface area contributed by atoms with Crippen LogP contribution in [0, 0.1) is 11.3 Å². The summed E-state index contributed by atoms with van der Waals surface area (Å²) in [7, 11) is 0. The monoisotopic (exact) mass is 350 g/mol. The average Bonchev–Trinajstić information content (AvgIpc) is 2.91. The summed E-state index contributed by atoms with van der Waals surface area (Å²) >= 11 is 0. The van der Waals surface area contributed by atoms with Crippen LogP contribution < -0.4 is 4.74 Å². The van der Waals surface area contributed by atoms with Crippen LogP contribution in [-0.2, 0) is 11.8 Å². The highest BCUT2D eigenvalue weighted by Gasteiger charge is 2.37. The number of carbonyl (C=O) groups is 1. The highest BCUT2D eigenvalue weighted by atomic mass is 16.5. The van der Waals surface area contributed by atoms with Gasteiger partial charge in [0.15, 0.2) is 5.78 Å². The summed E-state index contributed by atoms with van der Waals surface area (Å²) in [6.07, 6.45) is 1.51. The van der Waals surface area contributed by atoms with Crippen molar-refractivity contribution in [3.05, 3.63) is 65.2 Å². The Balaban J connectivity index is 1.79. The van der Waals surface area contributed by atoms with Gasteiger partial charge in [-0.05, 0) is 29.4 Å². The van der Waals surface area contributed by atoms with Crippen molar-refractivity contribution in [2.45, 2.75) is 52.9 Å². The van der Waals surface area contributed by atoms with Crippen LogP contribution in [-0.4, -0.2) is 12.4 Å². The molecule has 26 heavy (non-hydrogen) atoms. The molecule has 0 saturated heterocycles. The Morgan fingerprint density at radius 2 is 1.85 bits per heavy atom. The molecule has 2 aromatic rings. The van der Waals surface area contributed by atoms with Gasteiger partial charge in [-0.15, -0.1) is 0 Å². The lowest BCUT2D eigenvalue weighted by molar-refractivity contribution is 0.0927. The molecule has 0 aliphatic carbocycles. The molecule has 2 heteroatoms. The fourth-order valence-corrected chi connectivity index (χ4v) is 3.52. The molecule has 1 aliphatic heterocycles. The van der Waals surface area contributed by atoms with Crippen molar-refractivity contribution in [3.8, 4) is 5.75 Å². The maximum atomic E-state index is 12.7.